The van der Waals surface area contributed by atoms with Crippen molar-refractivity contribution < 1.29 is 0 Å². The van der Waals surface area contributed by atoms with E-state index in [0.717, 1.165) is 44.2 Å². The van der Waals surface area contributed by atoms with E-state index in [1.165, 1.54) is 0 Å². The van der Waals surface area contributed by atoms with E-state index < -0.39 is 0 Å². The molecule has 0 spiro atoms. The SMILES string of the molecule is N#Cc1ccccc1-c1cccc2c1c1cc(-c3c(C#N)cccc3C#N)ccc1n2-c1ccccc1. The van der Waals surface area contributed by atoms with Gasteiger partial charge in [-0.15, -0.1) is 0 Å². The monoisotopic (exact) mass is 470 g/mol. The number of rotatable bonds is 3. The molecule has 4 heteroatoms. The van der Waals surface area contributed by atoms with Crippen molar-refractivity contribution >= 4 is 21.8 Å². The fraction of sp³-hybridized carbons (Fsp3) is 0. The van der Waals surface area contributed by atoms with Gasteiger partial charge in [-0.2, -0.15) is 15.8 Å². The number of hydrogen-bond acceptors (Lipinski definition) is 3. The van der Waals surface area contributed by atoms with E-state index >= 15 is 0 Å². The summed E-state index contributed by atoms with van der Waals surface area (Å²) in [5.41, 5.74) is 7.81. The van der Waals surface area contributed by atoms with Crippen LogP contribution in [0.3, 0.4) is 0 Å². The Morgan fingerprint density at radius 2 is 1.14 bits per heavy atom. The summed E-state index contributed by atoms with van der Waals surface area (Å²) >= 11 is 0. The Hall–Kier alpha value is -5.63. The maximum Gasteiger partial charge on any atom is 0.0998 e. The predicted molar refractivity (Wildman–Crippen MR) is 146 cm³/mol. The van der Waals surface area contributed by atoms with E-state index in [-0.39, 0.29) is 0 Å². The lowest BCUT2D eigenvalue weighted by molar-refractivity contribution is 1.18. The first-order valence-electron chi connectivity index (χ1n) is 11.8. The molecule has 0 bridgehead atoms. The Morgan fingerprint density at radius 3 is 1.86 bits per heavy atom. The van der Waals surface area contributed by atoms with Crippen LogP contribution in [0, 0.1) is 34.0 Å². The average molecular weight is 471 g/mol. The molecule has 0 amide bonds. The maximum atomic E-state index is 9.84. The van der Waals surface area contributed by atoms with E-state index in [0.29, 0.717) is 22.3 Å². The third-order valence-electron chi connectivity index (χ3n) is 6.74. The summed E-state index contributed by atoms with van der Waals surface area (Å²) in [6, 6.07) is 42.0. The number of para-hydroxylation sites is 1. The van der Waals surface area contributed by atoms with E-state index in [9.17, 15) is 15.8 Å². The zero-order valence-corrected chi connectivity index (χ0v) is 19.7. The van der Waals surface area contributed by atoms with Crippen LogP contribution in [0.25, 0.3) is 49.7 Å². The van der Waals surface area contributed by atoms with Gasteiger partial charge in [0.2, 0.25) is 0 Å². The molecule has 0 unspecified atom stereocenters. The van der Waals surface area contributed by atoms with Gasteiger partial charge in [0.1, 0.15) is 0 Å². The van der Waals surface area contributed by atoms with Gasteiger partial charge in [-0.05, 0) is 59.7 Å². The van der Waals surface area contributed by atoms with Gasteiger partial charge in [0.15, 0.2) is 0 Å². The Kier molecular flexibility index (Phi) is 5.24. The maximum absolute atomic E-state index is 9.84. The first-order valence-corrected chi connectivity index (χ1v) is 11.8. The second kappa shape index (κ2) is 8.86. The minimum absolute atomic E-state index is 0.459. The summed E-state index contributed by atoms with van der Waals surface area (Å²) in [4.78, 5) is 0. The summed E-state index contributed by atoms with van der Waals surface area (Å²) in [5.74, 6) is 0. The third-order valence-corrected chi connectivity index (χ3v) is 6.74. The molecule has 0 fully saturated rings. The first kappa shape index (κ1) is 21.9. The van der Waals surface area contributed by atoms with Crippen LogP contribution in [0.2, 0.25) is 0 Å². The molecule has 0 N–H and O–H groups in total. The molecule has 0 atom stereocenters. The normalized spacial score (nSPS) is 10.6. The number of hydrogen-bond donors (Lipinski definition) is 0. The molecule has 0 saturated heterocycles. The molecule has 0 aliphatic carbocycles. The molecule has 4 nitrogen and oxygen atoms in total. The van der Waals surface area contributed by atoms with E-state index in [2.05, 4.69) is 47.0 Å². The Morgan fingerprint density at radius 1 is 0.514 bits per heavy atom. The van der Waals surface area contributed by atoms with Crippen molar-refractivity contribution in [3.8, 4) is 46.1 Å². The van der Waals surface area contributed by atoms with Crippen molar-refractivity contribution in [2.45, 2.75) is 0 Å². The van der Waals surface area contributed by atoms with E-state index in [4.69, 9.17) is 0 Å². The minimum atomic E-state index is 0.459. The number of nitriles is 3. The van der Waals surface area contributed by atoms with E-state index in [1.807, 2.05) is 66.7 Å². The standard InChI is InChI=1S/C33H18N4/c34-19-23-8-4-5-13-27(23)28-14-7-15-31-33(28)29-18-22(32-24(20-35)9-6-10-25(32)21-36)16-17-30(29)37(31)26-11-2-1-3-12-26/h1-18H. The predicted octanol–water partition coefficient (Wildman–Crippen LogP) is 7.73. The van der Waals surface area contributed by atoms with Crippen molar-refractivity contribution in [2.75, 3.05) is 0 Å². The van der Waals surface area contributed by atoms with Gasteiger partial charge >= 0.3 is 0 Å². The molecule has 1 aromatic heterocycles. The van der Waals surface area contributed by atoms with Crippen LogP contribution in [0.1, 0.15) is 16.7 Å². The van der Waals surface area contributed by atoms with Gasteiger partial charge in [-0.25, -0.2) is 0 Å². The zero-order chi connectivity index (χ0) is 25.4. The lowest BCUT2D eigenvalue weighted by atomic mass is 9.92. The molecule has 37 heavy (non-hydrogen) atoms. The largest absolute Gasteiger partial charge is 0.309 e. The molecular formula is C33H18N4. The Bertz CT molecular complexity index is 1930. The van der Waals surface area contributed by atoms with Gasteiger partial charge in [0.05, 0.1) is 45.9 Å². The fourth-order valence-electron chi connectivity index (χ4n) is 5.17. The number of aromatic nitrogens is 1. The molecule has 5 aromatic carbocycles. The lowest BCUT2D eigenvalue weighted by Crippen LogP contribution is -1.93. The summed E-state index contributed by atoms with van der Waals surface area (Å²) in [7, 11) is 0. The number of benzene rings is 5. The highest BCUT2D eigenvalue weighted by Crippen LogP contribution is 2.41. The van der Waals surface area contributed by atoms with Gasteiger partial charge in [-0.1, -0.05) is 60.7 Å². The van der Waals surface area contributed by atoms with Crippen molar-refractivity contribution in [1.29, 1.82) is 15.8 Å². The fourth-order valence-corrected chi connectivity index (χ4v) is 5.17. The van der Waals surface area contributed by atoms with Crippen LogP contribution in [0.4, 0.5) is 0 Å². The molecular weight excluding hydrogens is 452 g/mol. The third kappa shape index (κ3) is 3.43. The van der Waals surface area contributed by atoms with E-state index in [1.54, 1.807) is 18.2 Å². The lowest BCUT2D eigenvalue weighted by Gasteiger charge is -2.09. The van der Waals surface area contributed by atoms with Crippen LogP contribution in [0.5, 0.6) is 0 Å². The van der Waals surface area contributed by atoms with Crippen LogP contribution in [-0.4, -0.2) is 4.57 Å². The highest BCUT2D eigenvalue weighted by molar-refractivity contribution is 6.17. The molecule has 1 heterocycles. The van der Waals surface area contributed by atoms with Crippen LogP contribution >= 0.6 is 0 Å². The summed E-state index contributed by atoms with van der Waals surface area (Å²) in [5, 5.41) is 31.4. The van der Waals surface area contributed by atoms with Crippen molar-refractivity contribution in [3.63, 3.8) is 0 Å². The van der Waals surface area contributed by atoms with Crippen LogP contribution in [-0.2, 0) is 0 Å². The number of nitrogens with zero attached hydrogens (tertiary/aromatic N) is 4. The van der Waals surface area contributed by atoms with Gasteiger partial charge in [-0.3, -0.25) is 0 Å². The van der Waals surface area contributed by atoms with Gasteiger partial charge < -0.3 is 4.57 Å². The highest BCUT2D eigenvalue weighted by atomic mass is 15.0. The second-order valence-corrected chi connectivity index (χ2v) is 8.71. The topological polar surface area (TPSA) is 76.3 Å². The molecule has 0 radical (unpaired) electrons. The molecule has 0 saturated carbocycles. The number of fused-ring (bicyclic) bond motifs is 3. The summed E-state index contributed by atoms with van der Waals surface area (Å²) in [6.45, 7) is 0. The van der Waals surface area contributed by atoms with Crippen LogP contribution < -0.4 is 0 Å². The Labute approximate surface area is 214 Å². The second-order valence-electron chi connectivity index (χ2n) is 8.71. The van der Waals surface area contributed by atoms with Gasteiger partial charge in [0, 0.05) is 27.6 Å². The summed E-state index contributed by atoms with van der Waals surface area (Å²) < 4.78 is 2.22. The average Bonchev–Trinajstić information content (AvgIpc) is 3.31. The van der Waals surface area contributed by atoms with Crippen LogP contribution in [0.15, 0.2) is 109 Å². The van der Waals surface area contributed by atoms with Crippen molar-refractivity contribution in [2.24, 2.45) is 0 Å². The quantitative estimate of drug-likeness (QED) is 0.265. The molecule has 170 valence electrons. The Balaban J connectivity index is 1.78. The molecule has 6 aromatic rings. The first-order chi connectivity index (χ1) is 18.2. The minimum Gasteiger partial charge on any atom is -0.309 e. The summed E-state index contributed by atoms with van der Waals surface area (Å²) in [6.07, 6.45) is 0. The smallest absolute Gasteiger partial charge is 0.0998 e. The molecule has 0 aliphatic rings. The molecule has 6 rings (SSSR count). The van der Waals surface area contributed by atoms with Gasteiger partial charge in [0.25, 0.3) is 0 Å². The van der Waals surface area contributed by atoms with Crippen molar-refractivity contribution in [1.82, 2.24) is 4.57 Å². The highest BCUT2D eigenvalue weighted by Gasteiger charge is 2.19. The molecule has 0 aliphatic heterocycles. The van der Waals surface area contributed by atoms with Crippen molar-refractivity contribution in [3.05, 3.63) is 126 Å². The zero-order valence-electron chi connectivity index (χ0n) is 19.7.